The van der Waals surface area contributed by atoms with Crippen molar-refractivity contribution < 1.29 is 4.79 Å². The number of aromatic nitrogens is 1. The SMILES string of the molecule is CC(=O)c1ccccc1C1CCc2cccnc21. The van der Waals surface area contributed by atoms with Gasteiger partial charge >= 0.3 is 0 Å². The van der Waals surface area contributed by atoms with Crippen LogP contribution >= 0.6 is 0 Å². The van der Waals surface area contributed by atoms with E-state index in [0.717, 1.165) is 29.7 Å². The zero-order valence-electron chi connectivity index (χ0n) is 10.4. The number of pyridine rings is 1. The molecule has 2 aromatic rings. The molecular formula is C16H15NO. The number of hydrogen-bond acceptors (Lipinski definition) is 2. The van der Waals surface area contributed by atoms with Gasteiger partial charge in [-0.2, -0.15) is 0 Å². The molecule has 3 rings (SSSR count). The predicted molar refractivity (Wildman–Crippen MR) is 70.8 cm³/mol. The van der Waals surface area contributed by atoms with Crippen LogP contribution in [0.15, 0.2) is 42.6 Å². The van der Waals surface area contributed by atoms with Crippen LogP contribution < -0.4 is 0 Å². The topological polar surface area (TPSA) is 30.0 Å². The maximum atomic E-state index is 11.7. The van der Waals surface area contributed by atoms with E-state index in [1.54, 1.807) is 6.92 Å². The van der Waals surface area contributed by atoms with Crippen molar-refractivity contribution >= 4 is 5.78 Å². The number of nitrogens with zero attached hydrogens (tertiary/aromatic N) is 1. The van der Waals surface area contributed by atoms with Gasteiger partial charge in [-0.1, -0.05) is 30.3 Å². The van der Waals surface area contributed by atoms with E-state index < -0.39 is 0 Å². The molecular weight excluding hydrogens is 222 g/mol. The van der Waals surface area contributed by atoms with E-state index in [2.05, 4.69) is 17.1 Å². The Hall–Kier alpha value is -1.96. The molecule has 0 saturated heterocycles. The second-order valence-corrected chi connectivity index (χ2v) is 4.78. The molecule has 0 spiro atoms. The predicted octanol–water partition coefficient (Wildman–Crippen LogP) is 3.36. The molecule has 2 heteroatoms. The maximum Gasteiger partial charge on any atom is 0.160 e. The Bertz CT molecular complexity index is 604. The number of benzene rings is 1. The molecule has 1 aliphatic rings. The van der Waals surface area contributed by atoms with Gasteiger partial charge in [-0.15, -0.1) is 0 Å². The van der Waals surface area contributed by atoms with Gasteiger partial charge in [0.2, 0.25) is 0 Å². The van der Waals surface area contributed by atoms with Crippen LogP contribution in [0.5, 0.6) is 0 Å². The molecule has 0 aliphatic heterocycles. The van der Waals surface area contributed by atoms with E-state index in [1.807, 2.05) is 30.5 Å². The minimum atomic E-state index is 0.134. The van der Waals surface area contributed by atoms with Gasteiger partial charge in [0.25, 0.3) is 0 Å². The molecule has 0 radical (unpaired) electrons. The van der Waals surface area contributed by atoms with Crippen molar-refractivity contribution in [2.45, 2.75) is 25.7 Å². The molecule has 0 saturated carbocycles. The highest BCUT2D eigenvalue weighted by Gasteiger charge is 2.27. The summed E-state index contributed by atoms with van der Waals surface area (Å²) in [5, 5.41) is 0. The normalized spacial score (nSPS) is 17.5. The second-order valence-electron chi connectivity index (χ2n) is 4.78. The fourth-order valence-electron chi connectivity index (χ4n) is 2.84. The van der Waals surface area contributed by atoms with Crippen molar-refractivity contribution in [2.24, 2.45) is 0 Å². The number of aryl methyl sites for hydroxylation is 1. The molecule has 1 heterocycles. The highest BCUT2D eigenvalue weighted by atomic mass is 16.1. The Balaban J connectivity index is 2.10. The molecule has 1 aromatic heterocycles. The third kappa shape index (κ3) is 1.74. The summed E-state index contributed by atoms with van der Waals surface area (Å²) in [6, 6.07) is 12.0. The van der Waals surface area contributed by atoms with Crippen molar-refractivity contribution in [1.82, 2.24) is 4.98 Å². The zero-order chi connectivity index (χ0) is 12.5. The summed E-state index contributed by atoms with van der Waals surface area (Å²) in [5.41, 5.74) is 4.43. The number of carbonyl (C=O) groups excluding carboxylic acids is 1. The van der Waals surface area contributed by atoms with Crippen molar-refractivity contribution in [3.05, 3.63) is 65.0 Å². The Morgan fingerprint density at radius 1 is 1.22 bits per heavy atom. The van der Waals surface area contributed by atoms with Gasteiger partial charge in [0.05, 0.1) is 5.69 Å². The number of ketones is 1. The Kier molecular flexibility index (Phi) is 2.71. The fourth-order valence-corrected chi connectivity index (χ4v) is 2.84. The summed E-state index contributed by atoms with van der Waals surface area (Å²) < 4.78 is 0. The summed E-state index contributed by atoms with van der Waals surface area (Å²) in [6.45, 7) is 1.63. The zero-order valence-corrected chi connectivity index (χ0v) is 10.4. The fraction of sp³-hybridized carbons (Fsp3) is 0.250. The second kappa shape index (κ2) is 4.37. The first-order valence-electron chi connectivity index (χ1n) is 6.31. The van der Waals surface area contributed by atoms with Gasteiger partial charge in [0.1, 0.15) is 0 Å². The van der Waals surface area contributed by atoms with Gasteiger partial charge in [-0.3, -0.25) is 9.78 Å². The van der Waals surface area contributed by atoms with Crippen LogP contribution in [0.25, 0.3) is 0 Å². The number of carbonyl (C=O) groups is 1. The number of rotatable bonds is 2. The van der Waals surface area contributed by atoms with Gasteiger partial charge in [0.15, 0.2) is 5.78 Å². The molecule has 1 aliphatic carbocycles. The van der Waals surface area contributed by atoms with Crippen LogP contribution in [0.3, 0.4) is 0 Å². The summed E-state index contributed by atoms with van der Waals surface area (Å²) in [6.07, 6.45) is 3.95. The third-order valence-electron chi connectivity index (χ3n) is 3.67. The molecule has 0 amide bonds. The number of Topliss-reactive ketones (excluding diaryl/α,β-unsaturated/α-hetero) is 1. The largest absolute Gasteiger partial charge is 0.295 e. The number of hydrogen-bond donors (Lipinski definition) is 0. The van der Waals surface area contributed by atoms with E-state index in [4.69, 9.17) is 0 Å². The molecule has 1 atom stereocenters. The molecule has 2 nitrogen and oxygen atoms in total. The van der Waals surface area contributed by atoms with Crippen LogP contribution in [0.1, 0.15) is 46.4 Å². The first-order valence-corrected chi connectivity index (χ1v) is 6.31. The van der Waals surface area contributed by atoms with E-state index in [9.17, 15) is 4.79 Å². The average molecular weight is 237 g/mol. The lowest BCUT2D eigenvalue weighted by atomic mass is 9.90. The summed E-state index contributed by atoms with van der Waals surface area (Å²) >= 11 is 0. The van der Waals surface area contributed by atoms with Gasteiger partial charge in [0, 0.05) is 17.7 Å². The summed E-state index contributed by atoms with van der Waals surface area (Å²) in [5.74, 6) is 0.413. The van der Waals surface area contributed by atoms with E-state index in [0.29, 0.717) is 0 Å². The van der Waals surface area contributed by atoms with Crippen molar-refractivity contribution in [3.63, 3.8) is 0 Å². The van der Waals surface area contributed by atoms with Crippen LogP contribution in [-0.4, -0.2) is 10.8 Å². The lowest BCUT2D eigenvalue weighted by Crippen LogP contribution is -2.05. The molecule has 1 unspecified atom stereocenters. The average Bonchev–Trinajstić information content (AvgIpc) is 2.82. The number of fused-ring (bicyclic) bond motifs is 1. The van der Waals surface area contributed by atoms with Crippen LogP contribution in [0.4, 0.5) is 0 Å². The van der Waals surface area contributed by atoms with Crippen LogP contribution in [-0.2, 0) is 6.42 Å². The Labute approximate surface area is 107 Å². The van der Waals surface area contributed by atoms with Crippen molar-refractivity contribution in [1.29, 1.82) is 0 Å². The van der Waals surface area contributed by atoms with E-state index >= 15 is 0 Å². The van der Waals surface area contributed by atoms with E-state index in [-0.39, 0.29) is 11.7 Å². The standard InChI is InChI=1S/C16H15NO/c1-11(18)13-6-2-3-7-14(13)15-9-8-12-5-4-10-17-16(12)15/h2-7,10,15H,8-9H2,1H3. The van der Waals surface area contributed by atoms with Gasteiger partial charge < -0.3 is 0 Å². The smallest absolute Gasteiger partial charge is 0.160 e. The van der Waals surface area contributed by atoms with Crippen molar-refractivity contribution in [3.8, 4) is 0 Å². The first-order chi connectivity index (χ1) is 8.77. The molecule has 0 N–H and O–H groups in total. The minimum absolute atomic E-state index is 0.134. The lowest BCUT2D eigenvalue weighted by molar-refractivity contribution is 0.101. The van der Waals surface area contributed by atoms with E-state index in [1.165, 1.54) is 5.56 Å². The molecule has 1 aromatic carbocycles. The third-order valence-corrected chi connectivity index (χ3v) is 3.67. The summed E-state index contributed by atoms with van der Waals surface area (Å²) in [4.78, 5) is 16.2. The lowest BCUT2D eigenvalue weighted by Gasteiger charge is -2.14. The highest BCUT2D eigenvalue weighted by Crippen LogP contribution is 2.37. The van der Waals surface area contributed by atoms with Gasteiger partial charge in [-0.05, 0) is 37.0 Å². The maximum absolute atomic E-state index is 11.7. The first kappa shape index (κ1) is 11.1. The molecule has 18 heavy (non-hydrogen) atoms. The minimum Gasteiger partial charge on any atom is -0.295 e. The van der Waals surface area contributed by atoms with Crippen LogP contribution in [0.2, 0.25) is 0 Å². The Morgan fingerprint density at radius 3 is 2.89 bits per heavy atom. The molecule has 0 fully saturated rings. The molecule has 90 valence electrons. The van der Waals surface area contributed by atoms with Crippen LogP contribution in [0, 0.1) is 0 Å². The van der Waals surface area contributed by atoms with Crippen molar-refractivity contribution in [2.75, 3.05) is 0 Å². The summed E-state index contributed by atoms with van der Waals surface area (Å²) in [7, 11) is 0. The highest BCUT2D eigenvalue weighted by molar-refractivity contribution is 5.95. The molecule has 0 bridgehead atoms. The monoisotopic (exact) mass is 237 g/mol. The van der Waals surface area contributed by atoms with Gasteiger partial charge in [-0.25, -0.2) is 0 Å². The quantitative estimate of drug-likeness (QED) is 0.750. The Morgan fingerprint density at radius 2 is 2.06 bits per heavy atom.